The van der Waals surface area contributed by atoms with Gasteiger partial charge in [-0.1, -0.05) is 6.07 Å². The largest absolute Gasteiger partial charge is 0.357 e. The molecule has 2 saturated heterocycles. The number of carbonyl (C=O) groups is 1. The number of pyridine rings is 1. The number of nitrogens with two attached hydrogens (primary N) is 1. The maximum Gasteiger partial charge on any atom is 0.225 e. The lowest BCUT2D eigenvalue weighted by atomic mass is 9.92. The number of aromatic nitrogens is 1. The summed E-state index contributed by atoms with van der Waals surface area (Å²) in [6, 6.07) is 4.18. The Hall–Kier alpha value is -1.62. The molecule has 0 saturated carbocycles. The highest BCUT2D eigenvalue weighted by molar-refractivity contribution is 5.79. The van der Waals surface area contributed by atoms with Gasteiger partial charge in [0.1, 0.15) is 5.82 Å². The van der Waals surface area contributed by atoms with E-state index in [4.69, 9.17) is 5.73 Å². The van der Waals surface area contributed by atoms with Gasteiger partial charge >= 0.3 is 0 Å². The molecular weight excluding hydrogens is 288 g/mol. The van der Waals surface area contributed by atoms with Crippen LogP contribution in [-0.4, -0.2) is 48.5 Å². The van der Waals surface area contributed by atoms with Crippen LogP contribution in [0.15, 0.2) is 18.3 Å². The van der Waals surface area contributed by atoms with Crippen molar-refractivity contribution in [1.29, 1.82) is 0 Å². The Morgan fingerprint density at radius 3 is 2.43 bits per heavy atom. The van der Waals surface area contributed by atoms with Crippen molar-refractivity contribution in [2.24, 2.45) is 17.6 Å². The minimum atomic E-state index is 0.186. The van der Waals surface area contributed by atoms with Gasteiger partial charge in [0.15, 0.2) is 0 Å². The number of carbonyl (C=O) groups excluding carboxylic acids is 1. The molecule has 0 unspecified atom stereocenters. The zero-order valence-corrected chi connectivity index (χ0v) is 14.1. The van der Waals surface area contributed by atoms with Crippen LogP contribution < -0.4 is 10.6 Å². The maximum atomic E-state index is 12.7. The van der Waals surface area contributed by atoms with E-state index in [-0.39, 0.29) is 5.92 Å². The molecular formula is C18H28N4O. The number of piperidine rings is 2. The zero-order chi connectivity index (χ0) is 16.2. The van der Waals surface area contributed by atoms with Gasteiger partial charge in [-0.3, -0.25) is 4.79 Å². The highest BCUT2D eigenvalue weighted by atomic mass is 16.2. The van der Waals surface area contributed by atoms with Crippen molar-refractivity contribution in [3.63, 3.8) is 0 Å². The molecule has 0 spiro atoms. The molecule has 23 heavy (non-hydrogen) atoms. The summed E-state index contributed by atoms with van der Waals surface area (Å²) >= 11 is 0. The molecule has 5 heteroatoms. The molecule has 0 atom stereocenters. The van der Waals surface area contributed by atoms with Crippen molar-refractivity contribution in [1.82, 2.24) is 9.88 Å². The average molecular weight is 316 g/mol. The van der Waals surface area contributed by atoms with Crippen LogP contribution in [0.3, 0.4) is 0 Å². The molecule has 1 aromatic heterocycles. The zero-order valence-electron chi connectivity index (χ0n) is 14.1. The first kappa shape index (κ1) is 16.2. The average Bonchev–Trinajstić information content (AvgIpc) is 2.62. The molecule has 2 N–H and O–H groups in total. The third-order valence-electron chi connectivity index (χ3n) is 5.32. The van der Waals surface area contributed by atoms with Crippen LogP contribution in [-0.2, 0) is 4.79 Å². The highest BCUT2D eigenvalue weighted by Gasteiger charge is 2.30. The fraction of sp³-hybridized carbons (Fsp3) is 0.667. The Labute approximate surface area is 138 Å². The molecule has 0 aliphatic carbocycles. The number of anilines is 1. The number of hydrogen-bond acceptors (Lipinski definition) is 4. The van der Waals surface area contributed by atoms with Crippen LogP contribution in [0.1, 0.15) is 31.2 Å². The fourth-order valence-corrected chi connectivity index (χ4v) is 3.65. The Bertz CT molecular complexity index is 514. The van der Waals surface area contributed by atoms with Crippen LogP contribution in [0.25, 0.3) is 0 Å². The first-order chi connectivity index (χ1) is 11.2. The second-order valence-corrected chi connectivity index (χ2v) is 6.96. The van der Waals surface area contributed by atoms with E-state index < -0.39 is 0 Å². The first-order valence-corrected chi connectivity index (χ1v) is 8.84. The molecule has 1 amide bonds. The topological polar surface area (TPSA) is 62.5 Å². The minimum absolute atomic E-state index is 0.186. The van der Waals surface area contributed by atoms with Gasteiger partial charge in [0.05, 0.1) is 0 Å². The standard InChI is InChI=1S/C18H28N4O/c1-14-2-3-17(20-13-14)21-10-6-16(7-11-21)18(23)22-8-4-15(12-19)5-9-22/h2-3,13,15-16H,4-12,19H2,1H3. The number of aryl methyl sites for hydroxylation is 1. The number of nitrogens with zero attached hydrogens (tertiary/aromatic N) is 3. The lowest BCUT2D eigenvalue weighted by Crippen LogP contribution is -2.46. The molecule has 5 nitrogen and oxygen atoms in total. The van der Waals surface area contributed by atoms with Crippen molar-refractivity contribution < 1.29 is 4.79 Å². The van der Waals surface area contributed by atoms with Crippen molar-refractivity contribution >= 4 is 11.7 Å². The van der Waals surface area contributed by atoms with Gasteiger partial charge in [0, 0.05) is 38.3 Å². The van der Waals surface area contributed by atoms with Gasteiger partial charge in [-0.05, 0) is 56.7 Å². The number of hydrogen-bond donors (Lipinski definition) is 1. The van der Waals surface area contributed by atoms with Gasteiger partial charge in [-0.25, -0.2) is 4.98 Å². The third-order valence-corrected chi connectivity index (χ3v) is 5.32. The van der Waals surface area contributed by atoms with Gasteiger partial charge < -0.3 is 15.5 Å². The summed E-state index contributed by atoms with van der Waals surface area (Å²) in [5.74, 6) is 2.18. The predicted molar refractivity (Wildman–Crippen MR) is 92.3 cm³/mol. The van der Waals surface area contributed by atoms with Crippen LogP contribution in [0.5, 0.6) is 0 Å². The van der Waals surface area contributed by atoms with E-state index in [0.29, 0.717) is 11.8 Å². The van der Waals surface area contributed by atoms with Crippen molar-refractivity contribution in [3.8, 4) is 0 Å². The second-order valence-electron chi connectivity index (χ2n) is 6.96. The summed E-state index contributed by atoms with van der Waals surface area (Å²) < 4.78 is 0. The van der Waals surface area contributed by atoms with Crippen LogP contribution >= 0.6 is 0 Å². The van der Waals surface area contributed by atoms with Crippen LogP contribution in [0.2, 0.25) is 0 Å². The van der Waals surface area contributed by atoms with Crippen molar-refractivity contribution in [2.45, 2.75) is 32.6 Å². The van der Waals surface area contributed by atoms with Gasteiger partial charge in [-0.2, -0.15) is 0 Å². The molecule has 0 radical (unpaired) electrons. The molecule has 2 aliphatic heterocycles. The van der Waals surface area contributed by atoms with Crippen LogP contribution in [0.4, 0.5) is 5.82 Å². The molecule has 0 aromatic carbocycles. The van der Waals surface area contributed by atoms with E-state index in [2.05, 4.69) is 33.8 Å². The number of amides is 1. The minimum Gasteiger partial charge on any atom is -0.357 e. The monoisotopic (exact) mass is 316 g/mol. The SMILES string of the molecule is Cc1ccc(N2CCC(C(=O)N3CCC(CN)CC3)CC2)nc1. The maximum absolute atomic E-state index is 12.7. The molecule has 2 aliphatic rings. The van der Waals surface area contributed by atoms with Crippen molar-refractivity contribution in [3.05, 3.63) is 23.9 Å². The summed E-state index contributed by atoms with van der Waals surface area (Å²) in [6.07, 6.45) is 5.91. The van der Waals surface area contributed by atoms with E-state index in [1.807, 2.05) is 6.20 Å². The molecule has 0 bridgehead atoms. The lowest BCUT2D eigenvalue weighted by molar-refractivity contribution is -0.137. The first-order valence-electron chi connectivity index (χ1n) is 8.84. The fourth-order valence-electron chi connectivity index (χ4n) is 3.65. The molecule has 2 fully saturated rings. The predicted octanol–water partition coefficient (Wildman–Crippen LogP) is 1.80. The molecule has 126 valence electrons. The van der Waals surface area contributed by atoms with Gasteiger partial charge in [0.2, 0.25) is 5.91 Å². The van der Waals surface area contributed by atoms with Gasteiger partial charge in [0.25, 0.3) is 0 Å². The van der Waals surface area contributed by atoms with E-state index in [9.17, 15) is 4.79 Å². The summed E-state index contributed by atoms with van der Waals surface area (Å²) in [4.78, 5) is 21.6. The smallest absolute Gasteiger partial charge is 0.225 e. The molecule has 1 aromatic rings. The van der Waals surface area contributed by atoms with Crippen molar-refractivity contribution in [2.75, 3.05) is 37.6 Å². The Morgan fingerprint density at radius 1 is 1.17 bits per heavy atom. The van der Waals surface area contributed by atoms with Crippen LogP contribution in [0, 0.1) is 18.8 Å². The number of rotatable bonds is 3. The quantitative estimate of drug-likeness (QED) is 0.924. The number of likely N-dealkylation sites (tertiary alicyclic amines) is 1. The summed E-state index contributed by atoms with van der Waals surface area (Å²) in [5.41, 5.74) is 6.91. The van der Waals surface area contributed by atoms with E-state index in [1.165, 1.54) is 5.56 Å². The molecule has 3 rings (SSSR count). The lowest BCUT2D eigenvalue weighted by Gasteiger charge is -2.37. The summed E-state index contributed by atoms with van der Waals surface area (Å²) in [7, 11) is 0. The summed E-state index contributed by atoms with van der Waals surface area (Å²) in [5, 5.41) is 0. The second kappa shape index (κ2) is 7.30. The summed E-state index contributed by atoms with van der Waals surface area (Å²) in [6.45, 7) is 6.43. The Kier molecular flexibility index (Phi) is 5.16. The van der Waals surface area contributed by atoms with E-state index >= 15 is 0 Å². The Morgan fingerprint density at radius 2 is 1.87 bits per heavy atom. The van der Waals surface area contributed by atoms with E-state index in [1.54, 1.807) is 0 Å². The Balaban J connectivity index is 1.50. The third kappa shape index (κ3) is 3.83. The van der Waals surface area contributed by atoms with Gasteiger partial charge in [-0.15, -0.1) is 0 Å². The normalized spacial score (nSPS) is 20.8. The molecule has 3 heterocycles. The van der Waals surface area contributed by atoms with E-state index in [0.717, 1.165) is 64.2 Å². The highest BCUT2D eigenvalue weighted by Crippen LogP contribution is 2.25.